The molecule has 0 aliphatic rings. The fourth-order valence-electron chi connectivity index (χ4n) is 2.14. The van der Waals surface area contributed by atoms with Gasteiger partial charge in [-0.15, -0.1) is 0 Å². The summed E-state index contributed by atoms with van der Waals surface area (Å²) < 4.78 is 0. The molecule has 0 radical (unpaired) electrons. The highest BCUT2D eigenvalue weighted by Gasteiger charge is 2.03. The molecule has 2 N–H and O–H groups in total. The van der Waals surface area contributed by atoms with Crippen LogP contribution in [0.2, 0.25) is 0 Å². The summed E-state index contributed by atoms with van der Waals surface area (Å²) in [5, 5.41) is 18.2. The maximum absolute atomic E-state index is 10.3. The van der Waals surface area contributed by atoms with Gasteiger partial charge in [-0.1, -0.05) is 58.3 Å². The van der Waals surface area contributed by atoms with Gasteiger partial charge in [0, 0.05) is 6.42 Å². The largest absolute Gasteiger partial charge is 0.481 e. The number of carboxylic acids is 1. The lowest BCUT2D eigenvalue weighted by atomic mass is 10.0. The molecule has 108 valence electrons. The zero-order chi connectivity index (χ0) is 13.6. The van der Waals surface area contributed by atoms with Crippen molar-refractivity contribution in [1.29, 1.82) is 0 Å². The second kappa shape index (κ2) is 12.9. The van der Waals surface area contributed by atoms with Crippen LogP contribution in [-0.4, -0.2) is 22.3 Å². The van der Waals surface area contributed by atoms with E-state index in [9.17, 15) is 9.90 Å². The van der Waals surface area contributed by atoms with E-state index in [-0.39, 0.29) is 12.5 Å². The molecule has 0 aromatic rings. The van der Waals surface area contributed by atoms with Gasteiger partial charge >= 0.3 is 5.97 Å². The van der Waals surface area contributed by atoms with E-state index >= 15 is 0 Å². The number of carboxylic acid groups (broad SMARTS) is 1. The van der Waals surface area contributed by atoms with Gasteiger partial charge in [0.05, 0.1) is 6.10 Å². The average molecular weight is 258 g/mol. The van der Waals surface area contributed by atoms with Gasteiger partial charge in [0.25, 0.3) is 0 Å². The van der Waals surface area contributed by atoms with Crippen molar-refractivity contribution in [3.63, 3.8) is 0 Å². The van der Waals surface area contributed by atoms with Crippen LogP contribution in [0, 0.1) is 0 Å². The Morgan fingerprint density at radius 2 is 1.39 bits per heavy atom. The molecular formula is C15H30O3. The van der Waals surface area contributed by atoms with Crippen LogP contribution in [0.1, 0.15) is 84.0 Å². The van der Waals surface area contributed by atoms with Crippen LogP contribution < -0.4 is 0 Å². The van der Waals surface area contributed by atoms with Crippen LogP contribution in [0.25, 0.3) is 0 Å². The van der Waals surface area contributed by atoms with Crippen LogP contribution in [0.15, 0.2) is 0 Å². The first-order valence-electron chi connectivity index (χ1n) is 7.56. The van der Waals surface area contributed by atoms with Gasteiger partial charge < -0.3 is 10.2 Å². The summed E-state index contributed by atoms with van der Waals surface area (Å²) in [6.07, 6.45) is 12.0. The molecule has 0 amide bonds. The first-order chi connectivity index (χ1) is 8.66. The molecule has 0 bridgehead atoms. The molecular weight excluding hydrogens is 228 g/mol. The minimum Gasteiger partial charge on any atom is -0.481 e. The zero-order valence-corrected chi connectivity index (χ0v) is 11.9. The zero-order valence-electron chi connectivity index (χ0n) is 11.9. The summed E-state index contributed by atoms with van der Waals surface area (Å²) in [4.78, 5) is 10.3. The lowest BCUT2D eigenvalue weighted by molar-refractivity contribution is -0.137. The monoisotopic (exact) mass is 258 g/mol. The third kappa shape index (κ3) is 13.5. The van der Waals surface area contributed by atoms with Crippen LogP contribution in [0.4, 0.5) is 0 Å². The number of hydrogen-bond acceptors (Lipinski definition) is 2. The summed E-state index contributed by atoms with van der Waals surface area (Å²) in [6, 6.07) is 0. The second-order valence-electron chi connectivity index (χ2n) is 5.20. The second-order valence-corrected chi connectivity index (χ2v) is 5.20. The molecule has 0 aliphatic carbocycles. The van der Waals surface area contributed by atoms with Gasteiger partial charge in [-0.2, -0.15) is 0 Å². The number of rotatable bonds is 13. The quantitative estimate of drug-likeness (QED) is 0.488. The Balaban J connectivity index is 3.16. The fraction of sp³-hybridized carbons (Fsp3) is 0.933. The summed E-state index contributed by atoms with van der Waals surface area (Å²) >= 11 is 0. The molecule has 0 spiro atoms. The van der Waals surface area contributed by atoms with Crippen LogP contribution >= 0.6 is 0 Å². The maximum atomic E-state index is 10.3. The summed E-state index contributed by atoms with van der Waals surface area (Å²) in [5.74, 6) is -0.706. The summed E-state index contributed by atoms with van der Waals surface area (Å²) in [5.41, 5.74) is 0. The molecule has 0 aromatic heterocycles. The number of aliphatic carboxylic acids is 1. The van der Waals surface area contributed by atoms with Gasteiger partial charge in [0.2, 0.25) is 0 Å². The van der Waals surface area contributed by atoms with E-state index in [0.29, 0.717) is 0 Å². The van der Waals surface area contributed by atoms with E-state index in [1.54, 1.807) is 0 Å². The van der Waals surface area contributed by atoms with Crippen LogP contribution in [0.3, 0.4) is 0 Å². The number of hydrogen-bond donors (Lipinski definition) is 2. The van der Waals surface area contributed by atoms with E-state index in [2.05, 4.69) is 6.92 Å². The lowest BCUT2D eigenvalue weighted by Crippen LogP contribution is -2.06. The van der Waals surface area contributed by atoms with E-state index in [1.165, 1.54) is 25.7 Å². The van der Waals surface area contributed by atoms with Crippen molar-refractivity contribution >= 4 is 5.97 Å². The normalized spacial score (nSPS) is 12.6. The molecule has 3 heteroatoms. The minimum absolute atomic E-state index is 0.147. The van der Waals surface area contributed by atoms with Gasteiger partial charge in [-0.25, -0.2) is 0 Å². The molecule has 1 atom stereocenters. The van der Waals surface area contributed by atoms with Crippen molar-refractivity contribution < 1.29 is 15.0 Å². The predicted molar refractivity (Wildman–Crippen MR) is 74.7 cm³/mol. The Labute approximate surface area is 112 Å². The third-order valence-electron chi connectivity index (χ3n) is 3.32. The Hall–Kier alpha value is -0.570. The molecule has 1 unspecified atom stereocenters. The number of unbranched alkanes of at least 4 members (excludes halogenated alkanes) is 7. The minimum atomic E-state index is -0.706. The molecule has 0 rings (SSSR count). The van der Waals surface area contributed by atoms with Gasteiger partial charge in [-0.3, -0.25) is 4.79 Å². The Morgan fingerprint density at radius 1 is 0.889 bits per heavy atom. The van der Waals surface area contributed by atoms with E-state index in [1.807, 2.05) is 0 Å². The summed E-state index contributed by atoms with van der Waals surface area (Å²) in [6.45, 7) is 2.21. The number of carbonyl (C=O) groups is 1. The van der Waals surface area contributed by atoms with Crippen molar-refractivity contribution in [2.45, 2.75) is 90.1 Å². The first-order valence-corrected chi connectivity index (χ1v) is 7.56. The SMILES string of the molecule is CCCCCCCC(O)CCCCCCC(=O)O. The van der Waals surface area contributed by atoms with Crippen molar-refractivity contribution in [3.8, 4) is 0 Å². The van der Waals surface area contributed by atoms with E-state index in [0.717, 1.165) is 44.9 Å². The van der Waals surface area contributed by atoms with E-state index in [4.69, 9.17) is 5.11 Å². The average Bonchev–Trinajstić information content (AvgIpc) is 2.33. The smallest absolute Gasteiger partial charge is 0.303 e. The van der Waals surface area contributed by atoms with Crippen molar-refractivity contribution in [3.05, 3.63) is 0 Å². The van der Waals surface area contributed by atoms with Gasteiger partial charge in [0.15, 0.2) is 0 Å². The molecule has 0 saturated heterocycles. The van der Waals surface area contributed by atoms with Crippen molar-refractivity contribution in [2.75, 3.05) is 0 Å². The van der Waals surface area contributed by atoms with E-state index < -0.39 is 5.97 Å². The van der Waals surface area contributed by atoms with Crippen molar-refractivity contribution in [2.24, 2.45) is 0 Å². The van der Waals surface area contributed by atoms with Gasteiger partial charge in [0.1, 0.15) is 0 Å². The molecule has 0 saturated carbocycles. The maximum Gasteiger partial charge on any atom is 0.303 e. The topological polar surface area (TPSA) is 57.5 Å². The highest BCUT2D eigenvalue weighted by atomic mass is 16.4. The summed E-state index contributed by atoms with van der Waals surface area (Å²) in [7, 11) is 0. The highest BCUT2D eigenvalue weighted by Crippen LogP contribution is 2.13. The predicted octanol–water partition coefficient (Wildman–Crippen LogP) is 4.13. The van der Waals surface area contributed by atoms with Gasteiger partial charge in [-0.05, 0) is 19.3 Å². The molecule has 0 aromatic carbocycles. The highest BCUT2D eigenvalue weighted by molar-refractivity contribution is 5.66. The molecule has 0 aliphatic heterocycles. The molecule has 0 heterocycles. The Morgan fingerprint density at radius 3 is 1.89 bits per heavy atom. The Bertz CT molecular complexity index is 192. The fourth-order valence-corrected chi connectivity index (χ4v) is 2.14. The molecule has 3 nitrogen and oxygen atoms in total. The lowest BCUT2D eigenvalue weighted by Gasteiger charge is -2.09. The third-order valence-corrected chi connectivity index (χ3v) is 3.32. The molecule has 18 heavy (non-hydrogen) atoms. The van der Waals surface area contributed by atoms with Crippen molar-refractivity contribution in [1.82, 2.24) is 0 Å². The van der Waals surface area contributed by atoms with Crippen LogP contribution in [0.5, 0.6) is 0 Å². The number of aliphatic hydroxyl groups excluding tert-OH is 1. The standard InChI is InChI=1S/C15H30O3/c1-2-3-4-5-8-11-14(16)12-9-6-7-10-13-15(17)18/h14,16H,2-13H2,1H3,(H,17,18). The Kier molecular flexibility index (Phi) is 12.5. The van der Waals surface area contributed by atoms with Crippen LogP contribution in [-0.2, 0) is 4.79 Å². The number of aliphatic hydroxyl groups is 1. The molecule has 0 fully saturated rings. The first kappa shape index (κ1) is 17.4.